The Bertz CT molecular complexity index is 378. The molecular weight excluding hydrogens is 217 g/mol. The summed E-state index contributed by atoms with van der Waals surface area (Å²) in [7, 11) is 1.90. The van der Waals surface area contributed by atoms with E-state index in [1.54, 1.807) is 12.1 Å². The molecule has 1 aromatic carbocycles. The molecule has 0 saturated carbocycles. The number of Topliss-reactive ketones (excluding diaryl/α,β-unsaturated/α-hetero) is 1. The van der Waals surface area contributed by atoms with E-state index in [1.807, 2.05) is 32.7 Å². The van der Waals surface area contributed by atoms with Gasteiger partial charge in [-0.15, -0.1) is 0 Å². The third-order valence-electron chi connectivity index (χ3n) is 2.62. The summed E-state index contributed by atoms with van der Waals surface area (Å²) in [6.45, 7) is 6.83. The smallest absolute Gasteiger partial charge is 0.152 e. The zero-order chi connectivity index (χ0) is 13.1. The Kier molecular flexibility index (Phi) is 4.40. The summed E-state index contributed by atoms with van der Waals surface area (Å²) in [4.78, 5) is 13.8. The Balaban J connectivity index is 2.53. The molecule has 1 rings (SSSR count). The SMILES string of the molecule is CN(CC(=O)C(C)(C)C)Cc1ccc(F)cc1. The maximum Gasteiger partial charge on any atom is 0.152 e. The van der Waals surface area contributed by atoms with E-state index in [0.717, 1.165) is 5.56 Å². The number of rotatable bonds is 4. The number of hydrogen-bond donors (Lipinski definition) is 0. The first-order chi connectivity index (χ1) is 7.79. The monoisotopic (exact) mass is 237 g/mol. The molecule has 0 fully saturated rings. The largest absolute Gasteiger partial charge is 0.298 e. The van der Waals surface area contributed by atoms with Crippen LogP contribution in [0.15, 0.2) is 24.3 Å². The number of likely N-dealkylation sites (N-methyl/N-ethyl adjacent to an activating group) is 1. The highest BCUT2D eigenvalue weighted by Crippen LogP contribution is 2.15. The molecule has 0 heterocycles. The molecule has 0 spiro atoms. The van der Waals surface area contributed by atoms with E-state index in [4.69, 9.17) is 0 Å². The Hall–Kier alpha value is -1.22. The van der Waals surface area contributed by atoms with E-state index in [2.05, 4.69) is 0 Å². The summed E-state index contributed by atoms with van der Waals surface area (Å²) in [5.41, 5.74) is 0.701. The molecule has 0 aliphatic carbocycles. The Morgan fingerprint density at radius 3 is 2.24 bits per heavy atom. The Morgan fingerprint density at radius 1 is 1.24 bits per heavy atom. The maximum atomic E-state index is 12.7. The topological polar surface area (TPSA) is 20.3 Å². The highest BCUT2D eigenvalue weighted by atomic mass is 19.1. The highest BCUT2D eigenvalue weighted by Gasteiger charge is 2.22. The van der Waals surface area contributed by atoms with Crippen LogP contribution in [-0.2, 0) is 11.3 Å². The lowest BCUT2D eigenvalue weighted by molar-refractivity contribution is -0.127. The standard InChI is InChI=1S/C14H20FNO/c1-14(2,3)13(17)10-16(4)9-11-5-7-12(15)8-6-11/h5-8H,9-10H2,1-4H3. The number of hydrogen-bond acceptors (Lipinski definition) is 2. The molecule has 0 saturated heterocycles. The van der Waals surface area contributed by atoms with Crippen molar-refractivity contribution in [1.82, 2.24) is 4.90 Å². The Labute approximate surface area is 102 Å². The third kappa shape index (κ3) is 4.65. The minimum atomic E-state index is -0.308. The van der Waals surface area contributed by atoms with Gasteiger partial charge in [-0.1, -0.05) is 32.9 Å². The molecule has 17 heavy (non-hydrogen) atoms. The number of halogens is 1. The van der Waals surface area contributed by atoms with Gasteiger partial charge in [0, 0.05) is 12.0 Å². The summed E-state index contributed by atoms with van der Waals surface area (Å²) >= 11 is 0. The quantitative estimate of drug-likeness (QED) is 0.802. The second-order valence-corrected chi connectivity index (χ2v) is 5.47. The van der Waals surface area contributed by atoms with Crippen LogP contribution in [0.3, 0.4) is 0 Å². The lowest BCUT2D eigenvalue weighted by Crippen LogP contribution is -2.33. The van der Waals surface area contributed by atoms with Gasteiger partial charge in [0.25, 0.3) is 0 Å². The summed E-state index contributed by atoms with van der Waals surface area (Å²) in [6.07, 6.45) is 0. The number of carbonyl (C=O) groups is 1. The molecule has 1 aromatic rings. The number of nitrogens with zero attached hydrogens (tertiary/aromatic N) is 1. The molecule has 0 amide bonds. The molecule has 0 atom stereocenters. The fourth-order valence-electron chi connectivity index (χ4n) is 1.44. The molecule has 0 aliphatic rings. The molecule has 0 aromatic heterocycles. The van der Waals surface area contributed by atoms with Gasteiger partial charge in [-0.25, -0.2) is 4.39 Å². The normalized spacial score (nSPS) is 11.9. The maximum absolute atomic E-state index is 12.7. The van der Waals surface area contributed by atoms with Crippen LogP contribution in [0.5, 0.6) is 0 Å². The highest BCUT2D eigenvalue weighted by molar-refractivity contribution is 5.85. The fraction of sp³-hybridized carbons (Fsp3) is 0.500. The minimum absolute atomic E-state index is 0.210. The lowest BCUT2D eigenvalue weighted by Gasteiger charge is -2.22. The predicted molar refractivity (Wildman–Crippen MR) is 67.2 cm³/mol. The summed E-state index contributed by atoms with van der Waals surface area (Å²) in [5.74, 6) is -0.0238. The van der Waals surface area contributed by atoms with E-state index >= 15 is 0 Å². The van der Waals surface area contributed by atoms with Gasteiger partial charge < -0.3 is 0 Å². The molecule has 0 N–H and O–H groups in total. The first-order valence-corrected chi connectivity index (χ1v) is 5.75. The molecule has 0 radical (unpaired) electrons. The molecule has 0 unspecified atom stereocenters. The van der Waals surface area contributed by atoms with E-state index in [0.29, 0.717) is 13.1 Å². The molecule has 3 heteroatoms. The zero-order valence-corrected chi connectivity index (χ0v) is 11.0. The van der Waals surface area contributed by atoms with Gasteiger partial charge >= 0.3 is 0 Å². The lowest BCUT2D eigenvalue weighted by atomic mass is 9.90. The van der Waals surface area contributed by atoms with Gasteiger partial charge in [-0.05, 0) is 24.7 Å². The van der Waals surface area contributed by atoms with Gasteiger partial charge in [-0.2, -0.15) is 0 Å². The van der Waals surface area contributed by atoms with Crippen LogP contribution in [0.25, 0.3) is 0 Å². The molecular formula is C14H20FNO. The fourth-order valence-corrected chi connectivity index (χ4v) is 1.44. The van der Waals surface area contributed by atoms with Crippen LogP contribution in [0, 0.1) is 11.2 Å². The Morgan fingerprint density at radius 2 is 1.76 bits per heavy atom. The second kappa shape index (κ2) is 5.41. The van der Waals surface area contributed by atoms with Gasteiger partial charge in [0.1, 0.15) is 5.82 Å². The van der Waals surface area contributed by atoms with E-state index in [9.17, 15) is 9.18 Å². The van der Waals surface area contributed by atoms with Crippen LogP contribution in [-0.4, -0.2) is 24.3 Å². The molecule has 2 nitrogen and oxygen atoms in total. The van der Waals surface area contributed by atoms with Crippen LogP contribution >= 0.6 is 0 Å². The van der Waals surface area contributed by atoms with Crippen molar-refractivity contribution in [3.63, 3.8) is 0 Å². The molecule has 0 aliphatic heterocycles. The van der Waals surface area contributed by atoms with Crippen molar-refractivity contribution in [3.8, 4) is 0 Å². The second-order valence-electron chi connectivity index (χ2n) is 5.47. The predicted octanol–water partition coefficient (Wildman–Crippen LogP) is 2.87. The average molecular weight is 237 g/mol. The third-order valence-corrected chi connectivity index (χ3v) is 2.62. The number of ketones is 1. The summed E-state index contributed by atoms with van der Waals surface area (Å²) in [5, 5.41) is 0. The van der Waals surface area contributed by atoms with Crippen molar-refractivity contribution in [2.24, 2.45) is 5.41 Å². The van der Waals surface area contributed by atoms with Gasteiger partial charge in [-0.3, -0.25) is 9.69 Å². The van der Waals surface area contributed by atoms with Crippen molar-refractivity contribution in [1.29, 1.82) is 0 Å². The van der Waals surface area contributed by atoms with Crippen LogP contribution < -0.4 is 0 Å². The van der Waals surface area contributed by atoms with Gasteiger partial charge in [0.05, 0.1) is 6.54 Å². The number of carbonyl (C=O) groups excluding carboxylic acids is 1. The minimum Gasteiger partial charge on any atom is -0.298 e. The van der Waals surface area contributed by atoms with E-state index < -0.39 is 0 Å². The average Bonchev–Trinajstić information content (AvgIpc) is 2.20. The zero-order valence-electron chi connectivity index (χ0n) is 11.0. The van der Waals surface area contributed by atoms with Crippen molar-refractivity contribution < 1.29 is 9.18 Å². The molecule has 94 valence electrons. The van der Waals surface area contributed by atoms with Gasteiger partial charge in [0.15, 0.2) is 5.78 Å². The van der Waals surface area contributed by atoms with Crippen LogP contribution in [0.1, 0.15) is 26.3 Å². The van der Waals surface area contributed by atoms with Crippen molar-refractivity contribution >= 4 is 5.78 Å². The van der Waals surface area contributed by atoms with E-state index in [1.165, 1.54) is 12.1 Å². The summed E-state index contributed by atoms with van der Waals surface area (Å²) < 4.78 is 12.7. The van der Waals surface area contributed by atoms with Crippen LogP contribution in [0.4, 0.5) is 4.39 Å². The summed E-state index contributed by atoms with van der Waals surface area (Å²) in [6, 6.07) is 6.37. The van der Waals surface area contributed by atoms with Crippen molar-refractivity contribution in [2.45, 2.75) is 27.3 Å². The van der Waals surface area contributed by atoms with Crippen molar-refractivity contribution in [3.05, 3.63) is 35.6 Å². The van der Waals surface area contributed by atoms with Crippen molar-refractivity contribution in [2.75, 3.05) is 13.6 Å². The van der Waals surface area contributed by atoms with Crippen LogP contribution in [0.2, 0.25) is 0 Å². The number of benzene rings is 1. The van der Waals surface area contributed by atoms with Gasteiger partial charge in [0.2, 0.25) is 0 Å². The first-order valence-electron chi connectivity index (χ1n) is 5.75. The first kappa shape index (κ1) is 13.8. The molecule has 0 bridgehead atoms. The van der Waals surface area contributed by atoms with E-state index in [-0.39, 0.29) is 17.0 Å².